The highest BCUT2D eigenvalue weighted by Crippen LogP contribution is 2.19. The summed E-state index contributed by atoms with van der Waals surface area (Å²) in [5, 5.41) is 9.37. The van der Waals surface area contributed by atoms with E-state index in [1.54, 1.807) is 52.0 Å². The van der Waals surface area contributed by atoms with Gasteiger partial charge in [0.05, 0.1) is 16.6 Å². The van der Waals surface area contributed by atoms with Gasteiger partial charge in [0.1, 0.15) is 12.4 Å². The van der Waals surface area contributed by atoms with E-state index in [-0.39, 0.29) is 12.4 Å². The summed E-state index contributed by atoms with van der Waals surface area (Å²) in [6.07, 6.45) is -0.518. The molecule has 0 fully saturated rings. The van der Waals surface area contributed by atoms with Crippen molar-refractivity contribution in [3.63, 3.8) is 0 Å². The molecule has 108 valence electrons. The Morgan fingerprint density at radius 2 is 1.74 bits per heavy atom. The molecule has 1 aromatic rings. The van der Waals surface area contributed by atoms with Crippen LogP contribution in [0.4, 0.5) is 0 Å². The number of aliphatic hydroxyl groups is 1. The third-order valence-corrected chi connectivity index (χ3v) is 5.49. The van der Waals surface area contributed by atoms with Crippen molar-refractivity contribution in [2.24, 2.45) is 0 Å². The van der Waals surface area contributed by atoms with Crippen molar-refractivity contribution in [1.82, 2.24) is 0 Å². The first-order chi connectivity index (χ1) is 8.63. The van der Waals surface area contributed by atoms with Gasteiger partial charge >= 0.3 is 0 Å². The molecule has 4 nitrogen and oxygen atoms in total. The monoisotopic (exact) mass is 286 g/mol. The van der Waals surface area contributed by atoms with Crippen molar-refractivity contribution < 1.29 is 18.3 Å². The summed E-state index contributed by atoms with van der Waals surface area (Å²) in [5.41, 5.74) is 0.801. The molecule has 1 aromatic carbocycles. The third kappa shape index (κ3) is 4.51. The number of ether oxygens (including phenoxy) is 1. The van der Waals surface area contributed by atoms with Gasteiger partial charge in [-0.1, -0.05) is 12.1 Å². The Morgan fingerprint density at radius 3 is 2.16 bits per heavy atom. The molecule has 5 heteroatoms. The van der Waals surface area contributed by atoms with E-state index in [0.717, 1.165) is 5.56 Å². The van der Waals surface area contributed by atoms with Crippen molar-refractivity contribution in [1.29, 1.82) is 0 Å². The summed E-state index contributed by atoms with van der Waals surface area (Å²) in [4.78, 5) is 0. The molecule has 19 heavy (non-hydrogen) atoms. The van der Waals surface area contributed by atoms with Gasteiger partial charge < -0.3 is 9.84 Å². The molecule has 0 bridgehead atoms. The highest BCUT2D eigenvalue weighted by Gasteiger charge is 2.28. The Labute approximate surface area is 115 Å². The molecular weight excluding hydrogens is 264 g/mol. The predicted octanol–water partition coefficient (Wildman–Crippen LogP) is 2.33. The Morgan fingerprint density at radius 1 is 1.21 bits per heavy atom. The summed E-state index contributed by atoms with van der Waals surface area (Å²) in [6.45, 7) is 6.86. The highest BCUT2D eigenvalue weighted by molar-refractivity contribution is 7.92. The fraction of sp³-hybridized carbons (Fsp3) is 0.571. The van der Waals surface area contributed by atoms with E-state index >= 15 is 0 Å². The fourth-order valence-corrected chi connectivity index (χ4v) is 2.33. The second-order valence-electron chi connectivity index (χ2n) is 5.52. The van der Waals surface area contributed by atoms with Crippen molar-refractivity contribution in [2.75, 3.05) is 12.4 Å². The van der Waals surface area contributed by atoms with Gasteiger partial charge in [-0.05, 0) is 45.4 Å². The lowest BCUT2D eigenvalue weighted by Gasteiger charge is -2.19. The number of hydrogen-bond donors (Lipinski definition) is 1. The summed E-state index contributed by atoms with van der Waals surface area (Å²) < 4.78 is 28.4. The van der Waals surface area contributed by atoms with E-state index in [9.17, 15) is 13.5 Å². The minimum Gasteiger partial charge on any atom is -0.493 e. The van der Waals surface area contributed by atoms with Crippen molar-refractivity contribution >= 4 is 9.84 Å². The lowest BCUT2D eigenvalue weighted by atomic mass is 10.1. The molecule has 1 rings (SSSR count). The summed E-state index contributed by atoms with van der Waals surface area (Å²) in [7, 11) is -3.15. The second-order valence-corrected chi connectivity index (χ2v) is 8.39. The first-order valence-electron chi connectivity index (χ1n) is 6.26. The van der Waals surface area contributed by atoms with E-state index < -0.39 is 20.7 Å². The molecule has 0 aliphatic rings. The van der Waals surface area contributed by atoms with Crippen molar-refractivity contribution in [3.05, 3.63) is 29.8 Å². The molecule has 0 aliphatic carbocycles. The Balaban J connectivity index is 2.55. The third-order valence-electron chi connectivity index (χ3n) is 2.92. The minimum absolute atomic E-state index is 0.00530. The van der Waals surface area contributed by atoms with Gasteiger partial charge in [0.25, 0.3) is 0 Å². The van der Waals surface area contributed by atoms with Crippen LogP contribution in [0, 0.1) is 0 Å². The van der Waals surface area contributed by atoms with Gasteiger partial charge in [-0.15, -0.1) is 0 Å². The zero-order valence-corrected chi connectivity index (χ0v) is 12.7. The van der Waals surface area contributed by atoms with E-state index in [2.05, 4.69) is 0 Å². The van der Waals surface area contributed by atoms with Crippen molar-refractivity contribution in [2.45, 2.75) is 38.5 Å². The average molecular weight is 286 g/mol. The minimum atomic E-state index is -3.15. The molecule has 0 radical (unpaired) electrons. The number of hydrogen-bond acceptors (Lipinski definition) is 4. The van der Waals surface area contributed by atoms with E-state index in [4.69, 9.17) is 4.74 Å². The Kier molecular flexibility index (Phi) is 4.98. The first kappa shape index (κ1) is 16.0. The number of rotatable bonds is 5. The van der Waals surface area contributed by atoms with Crippen LogP contribution in [-0.4, -0.2) is 30.6 Å². The number of sulfone groups is 1. The van der Waals surface area contributed by atoms with Crippen LogP contribution < -0.4 is 4.74 Å². The molecular formula is C14H22O4S. The molecule has 0 unspecified atom stereocenters. The maximum absolute atomic E-state index is 11.9. The van der Waals surface area contributed by atoms with Gasteiger partial charge in [0, 0.05) is 0 Å². The average Bonchev–Trinajstić information content (AvgIpc) is 2.28. The SMILES string of the molecule is C[C@H](O)c1ccc(OCCS(=O)(=O)C(C)(C)C)cc1. The fourth-order valence-electron chi connectivity index (χ4n) is 1.42. The van der Waals surface area contributed by atoms with Gasteiger partial charge in [-0.25, -0.2) is 8.42 Å². The zero-order valence-electron chi connectivity index (χ0n) is 11.9. The smallest absolute Gasteiger partial charge is 0.158 e. The second kappa shape index (κ2) is 5.92. The topological polar surface area (TPSA) is 63.6 Å². The molecule has 0 saturated carbocycles. The van der Waals surface area contributed by atoms with Crippen LogP contribution >= 0.6 is 0 Å². The molecule has 0 aromatic heterocycles. The normalized spacial score (nSPS) is 14.2. The standard InChI is InChI=1S/C14H22O4S/c1-11(15)12-5-7-13(8-6-12)18-9-10-19(16,17)14(2,3)4/h5-8,11,15H,9-10H2,1-4H3/t11-/m0/s1. The van der Waals surface area contributed by atoms with E-state index in [1.807, 2.05) is 0 Å². The maximum atomic E-state index is 11.9. The largest absolute Gasteiger partial charge is 0.493 e. The molecule has 1 N–H and O–H groups in total. The molecule has 0 heterocycles. The highest BCUT2D eigenvalue weighted by atomic mass is 32.2. The van der Waals surface area contributed by atoms with Crippen LogP contribution in [-0.2, 0) is 9.84 Å². The maximum Gasteiger partial charge on any atom is 0.158 e. The first-order valence-corrected chi connectivity index (χ1v) is 7.92. The van der Waals surface area contributed by atoms with E-state index in [1.165, 1.54) is 0 Å². The van der Waals surface area contributed by atoms with Crippen LogP contribution in [0.1, 0.15) is 39.4 Å². The lowest BCUT2D eigenvalue weighted by molar-refractivity contribution is 0.199. The molecule has 0 spiro atoms. The van der Waals surface area contributed by atoms with Gasteiger partial charge in [0.15, 0.2) is 9.84 Å². The van der Waals surface area contributed by atoms with Crippen LogP contribution in [0.3, 0.4) is 0 Å². The van der Waals surface area contributed by atoms with Crippen molar-refractivity contribution in [3.8, 4) is 5.75 Å². The van der Waals surface area contributed by atoms with Crippen LogP contribution in [0.15, 0.2) is 24.3 Å². The lowest BCUT2D eigenvalue weighted by Crippen LogP contribution is -2.32. The Hall–Kier alpha value is -1.07. The number of aliphatic hydroxyl groups excluding tert-OH is 1. The summed E-state index contributed by atoms with van der Waals surface area (Å²) >= 11 is 0. The molecule has 1 atom stereocenters. The van der Waals surface area contributed by atoms with Crippen LogP contribution in [0.5, 0.6) is 5.75 Å². The Bertz CT molecular complexity index is 495. The van der Waals surface area contributed by atoms with Crippen LogP contribution in [0.25, 0.3) is 0 Å². The molecule has 0 saturated heterocycles. The summed E-state index contributed by atoms with van der Waals surface area (Å²) in [5.74, 6) is 0.600. The van der Waals surface area contributed by atoms with Crippen LogP contribution in [0.2, 0.25) is 0 Å². The van der Waals surface area contributed by atoms with E-state index in [0.29, 0.717) is 5.75 Å². The summed E-state index contributed by atoms with van der Waals surface area (Å²) in [6, 6.07) is 6.98. The predicted molar refractivity (Wildman–Crippen MR) is 76.1 cm³/mol. The van der Waals surface area contributed by atoms with Gasteiger partial charge in [0.2, 0.25) is 0 Å². The quantitative estimate of drug-likeness (QED) is 0.902. The molecule has 0 amide bonds. The van der Waals surface area contributed by atoms with Gasteiger partial charge in [-0.3, -0.25) is 0 Å². The van der Waals surface area contributed by atoms with Gasteiger partial charge in [-0.2, -0.15) is 0 Å². The number of benzene rings is 1. The zero-order chi connectivity index (χ0) is 14.7. The molecule has 0 aliphatic heterocycles.